The molecule has 1 aliphatic heterocycles. The Labute approximate surface area is 161 Å². The van der Waals surface area contributed by atoms with Crippen LogP contribution >= 0.6 is 0 Å². The van der Waals surface area contributed by atoms with E-state index in [0.717, 1.165) is 32.2 Å². The van der Waals surface area contributed by atoms with Crippen LogP contribution in [0.1, 0.15) is 44.9 Å². The highest BCUT2D eigenvalue weighted by Gasteiger charge is 2.27. The summed E-state index contributed by atoms with van der Waals surface area (Å²) in [6.07, 6.45) is 9.89. The van der Waals surface area contributed by atoms with E-state index in [9.17, 15) is 13.2 Å². The van der Waals surface area contributed by atoms with Crippen molar-refractivity contribution < 1.29 is 17.9 Å². The zero-order chi connectivity index (χ0) is 19.4. The number of nitrogens with zero attached hydrogens (tertiary/aromatic N) is 3. The van der Waals surface area contributed by atoms with Gasteiger partial charge in [0.05, 0.1) is 18.1 Å². The Balaban J connectivity index is 1.47. The molecule has 1 aromatic heterocycles. The third kappa shape index (κ3) is 5.34. The number of likely N-dealkylation sites (tertiary alicyclic amines) is 1. The van der Waals surface area contributed by atoms with Crippen LogP contribution in [0.4, 0.5) is 5.69 Å². The van der Waals surface area contributed by atoms with Crippen LogP contribution in [0, 0.1) is 5.92 Å². The number of rotatable bonds is 6. The summed E-state index contributed by atoms with van der Waals surface area (Å²) in [5.74, 6) is 1.35. The fraction of sp³-hybridized carbons (Fsp3) is 0.684. The van der Waals surface area contributed by atoms with Gasteiger partial charge in [-0.25, -0.2) is 13.4 Å². The van der Waals surface area contributed by atoms with Crippen LogP contribution in [0.15, 0.2) is 18.3 Å². The van der Waals surface area contributed by atoms with Gasteiger partial charge in [0.15, 0.2) is 0 Å². The second-order valence-corrected chi connectivity index (χ2v) is 9.65. The van der Waals surface area contributed by atoms with Crippen LogP contribution in [0.25, 0.3) is 0 Å². The summed E-state index contributed by atoms with van der Waals surface area (Å²) < 4.78 is 30.2. The van der Waals surface area contributed by atoms with Gasteiger partial charge in [0, 0.05) is 45.5 Å². The summed E-state index contributed by atoms with van der Waals surface area (Å²) in [7, 11) is -1.81. The van der Waals surface area contributed by atoms with Gasteiger partial charge in [0.25, 0.3) is 0 Å². The second-order valence-electron chi connectivity index (χ2n) is 7.64. The van der Waals surface area contributed by atoms with E-state index in [1.807, 2.05) is 4.90 Å². The zero-order valence-electron chi connectivity index (χ0n) is 16.1. The van der Waals surface area contributed by atoms with E-state index >= 15 is 0 Å². The lowest BCUT2D eigenvalue weighted by molar-refractivity contribution is -0.134. The van der Waals surface area contributed by atoms with Crippen LogP contribution in [-0.2, 0) is 14.8 Å². The number of hydrogen-bond donors (Lipinski definition) is 0. The van der Waals surface area contributed by atoms with Gasteiger partial charge in [-0.05, 0) is 24.8 Å². The fourth-order valence-corrected chi connectivity index (χ4v) is 4.30. The molecule has 0 aromatic carbocycles. The van der Waals surface area contributed by atoms with Crippen molar-refractivity contribution in [2.24, 2.45) is 5.92 Å². The Kier molecular flexibility index (Phi) is 6.24. The Morgan fingerprint density at radius 2 is 1.89 bits per heavy atom. The van der Waals surface area contributed by atoms with Gasteiger partial charge in [-0.1, -0.05) is 12.8 Å². The molecule has 1 aliphatic carbocycles. The molecule has 2 aliphatic rings. The van der Waals surface area contributed by atoms with Crippen molar-refractivity contribution in [2.45, 2.75) is 51.0 Å². The highest BCUT2D eigenvalue weighted by molar-refractivity contribution is 7.92. The molecule has 1 amide bonds. The predicted octanol–water partition coefficient (Wildman–Crippen LogP) is 2.43. The standard InChI is InChI=1S/C19H29N3O4S/c1-21(27(2,24)25)16-7-8-18(20-14-16)26-17-9-11-22(12-10-17)19(23)13-15-5-3-4-6-15/h7-8,14-15,17H,3-6,9-13H2,1-2H3. The minimum Gasteiger partial charge on any atom is -0.474 e. The first-order valence-electron chi connectivity index (χ1n) is 9.67. The summed E-state index contributed by atoms with van der Waals surface area (Å²) in [4.78, 5) is 18.6. The topological polar surface area (TPSA) is 79.8 Å². The van der Waals surface area contributed by atoms with Crippen molar-refractivity contribution in [1.29, 1.82) is 0 Å². The molecule has 2 heterocycles. The lowest BCUT2D eigenvalue weighted by atomic mass is 10.0. The van der Waals surface area contributed by atoms with E-state index in [-0.39, 0.29) is 12.0 Å². The van der Waals surface area contributed by atoms with Crippen molar-refractivity contribution in [3.05, 3.63) is 18.3 Å². The molecule has 8 heteroatoms. The second kappa shape index (κ2) is 8.46. The fourth-order valence-electron chi connectivity index (χ4n) is 3.80. The Bertz CT molecular complexity index is 737. The van der Waals surface area contributed by atoms with Crippen molar-refractivity contribution in [3.63, 3.8) is 0 Å². The molecule has 1 saturated carbocycles. The Morgan fingerprint density at radius 1 is 1.22 bits per heavy atom. The molecule has 150 valence electrons. The maximum atomic E-state index is 12.4. The lowest BCUT2D eigenvalue weighted by Crippen LogP contribution is -2.42. The summed E-state index contributed by atoms with van der Waals surface area (Å²) in [6.45, 7) is 1.45. The molecule has 0 bridgehead atoms. The van der Waals surface area contributed by atoms with Crippen LogP contribution in [-0.4, -0.2) is 56.7 Å². The molecule has 0 unspecified atom stereocenters. The number of carbonyl (C=O) groups is 1. The van der Waals surface area contributed by atoms with E-state index in [1.165, 1.54) is 43.2 Å². The highest BCUT2D eigenvalue weighted by atomic mass is 32.2. The molecule has 0 atom stereocenters. The number of sulfonamides is 1. The van der Waals surface area contributed by atoms with Gasteiger partial charge in [-0.15, -0.1) is 0 Å². The number of hydrogen-bond acceptors (Lipinski definition) is 5. The van der Waals surface area contributed by atoms with Crippen molar-refractivity contribution >= 4 is 21.6 Å². The number of anilines is 1. The molecular formula is C19H29N3O4S. The van der Waals surface area contributed by atoms with E-state index < -0.39 is 10.0 Å². The van der Waals surface area contributed by atoms with Crippen LogP contribution in [0.5, 0.6) is 5.88 Å². The number of pyridine rings is 1. The number of amides is 1. The van der Waals surface area contributed by atoms with Gasteiger partial charge in [0.2, 0.25) is 21.8 Å². The summed E-state index contributed by atoms with van der Waals surface area (Å²) in [5, 5.41) is 0. The first-order chi connectivity index (χ1) is 12.8. The monoisotopic (exact) mass is 395 g/mol. The summed E-state index contributed by atoms with van der Waals surface area (Å²) in [6, 6.07) is 3.37. The molecule has 7 nitrogen and oxygen atoms in total. The maximum Gasteiger partial charge on any atom is 0.232 e. The minimum absolute atomic E-state index is 0.0338. The highest BCUT2D eigenvalue weighted by Crippen LogP contribution is 2.29. The third-order valence-corrected chi connectivity index (χ3v) is 6.81. The van der Waals surface area contributed by atoms with Gasteiger partial charge in [-0.3, -0.25) is 9.10 Å². The van der Waals surface area contributed by atoms with Gasteiger partial charge in [-0.2, -0.15) is 0 Å². The number of aromatic nitrogens is 1. The zero-order valence-corrected chi connectivity index (χ0v) is 17.0. The SMILES string of the molecule is CN(c1ccc(OC2CCN(C(=O)CC3CCCC3)CC2)nc1)S(C)(=O)=O. The van der Waals surface area contributed by atoms with Crippen LogP contribution in [0.3, 0.4) is 0 Å². The largest absolute Gasteiger partial charge is 0.474 e. The number of carbonyl (C=O) groups excluding carboxylic acids is 1. The molecular weight excluding hydrogens is 366 g/mol. The van der Waals surface area contributed by atoms with Gasteiger partial charge < -0.3 is 9.64 Å². The summed E-state index contributed by atoms with van der Waals surface area (Å²) in [5.41, 5.74) is 0.497. The van der Waals surface area contributed by atoms with E-state index in [4.69, 9.17) is 4.74 Å². The maximum absolute atomic E-state index is 12.4. The molecule has 1 aromatic rings. The van der Waals surface area contributed by atoms with Crippen molar-refractivity contribution in [2.75, 3.05) is 30.7 Å². The minimum atomic E-state index is -3.30. The van der Waals surface area contributed by atoms with Crippen molar-refractivity contribution in [1.82, 2.24) is 9.88 Å². The first-order valence-corrected chi connectivity index (χ1v) is 11.5. The molecule has 0 spiro atoms. The molecule has 0 radical (unpaired) electrons. The average molecular weight is 396 g/mol. The van der Waals surface area contributed by atoms with E-state index in [0.29, 0.717) is 23.9 Å². The third-order valence-electron chi connectivity index (χ3n) is 5.60. The first kappa shape index (κ1) is 19.9. The van der Waals surface area contributed by atoms with Crippen molar-refractivity contribution in [3.8, 4) is 5.88 Å². The predicted molar refractivity (Wildman–Crippen MR) is 104 cm³/mol. The number of ether oxygens (including phenoxy) is 1. The molecule has 27 heavy (non-hydrogen) atoms. The molecule has 2 fully saturated rings. The van der Waals surface area contributed by atoms with Crippen LogP contribution < -0.4 is 9.04 Å². The number of piperidine rings is 1. The van der Waals surface area contributed by atoms with Gasteiger partial charge in [0.1, 0.15) is 6.10 Å². The van der Waals surface area contributed by atoms with Gasteiger partial charge >= 0.3 is 0 Å². The van der Waals surface area contributed by atoms with E-state index in [1.54, 1.807) is 12.1 Å². The Morgan fingerprint density at radius 3 is 2.44 bits per heavy atom. The molecule has 3 rings (SSSR count). The smallest absolute Gasteiger partial charge is 0.232 e. The molecule has 1 saturated heterocycles. The molecule has 0 N–H and O–H groups in total. The normalized spacial score (nSPS) is 19.3. The van der Waals surface area contributed by atoms with E-state index in [2.05, 4.69) is 4.98 Å². The Hall–Kier alpha value is -1.83. The van der Waals surface area contributed by atoms with Crippen LogP contribution in [0.2, 0.25) is 0 Å². The lowest BCUT2D eigenvalue weighted by Gasteiger charge is -2.32. The summed E-state index contributed by atoms with van der Waals surface area (Å²) >= 11 is 0. The quantitative estimate of drug-likeness (QED) is 0.739. The average Bonchev–Trinajstić information content (AvgIpc) is 3.14.